The molecule has 0 aliphatic carbocycles. The molecule has 0 bridgehead atoms. The Kier molecular flexibility index (Phi) is 4.66. The van der Waals surface area contributed by atoms with Gasteiger partial charge in [-0.15, -0.1) is 0 Å². The van der Waals surface area contributed by atoms with Gasteiger partial charge in [0.25, 0.3) is 0 Å². The third kappa shape index (κ3) is 4.14. The van der Waals surface area contributed by atoms with Crippen LogP contribution in [0.2, 0.25) is 0 Å². The minimum absolute atomic E-state index is 0.397. The first-order chi connectivity index (χ1) is 10.1. The molecule has 0 saturated carbocycles. The highest BCUT2D eigenvalue weighted by molar-refractivity contribution is 5.82. The lowest BCUT2D eigenvalue weighted by Gasteiger charge is -2.12. The molecule has 110 valence electrons. The number of carbonyl (C=O) groups excluding carboxylic acids is 1. The minimum atomic E-state index is -0.421. The Hall–Kier alpha value is -2.69. The number of primary amides is 1. The Morgan fingerprint density at radius 3 is 2.38 bits per heavy atom. The normalized spacial score (nSPS) is 11.5. The highest BCUT2D eigenvalue weighted by atomic mass is 16.5. The lowest BCUT2D eigenvalue weighted by atomic mass is 10.2. The molecule has 0 heterocycles. The molecule has 2 rings (SSSR count). The van der Waals surface area contributed by atoms with E-state index in [0.29, 0.717) is 11.5 Å². The van der Waals surface area contributed by atoms with Crippen LogP contribution in [-0.2, 0) is 4.79 Å². The average molecular weight is 286 g/mol. The summed E-state index contributed by atoms with van der Waals surface area (Å²) in [4.78, 5) is 11.0. The lowest BCUT2D eigenvalue weighted by Crippen LogP contribution is -2.32. The summed E-state index contributed by atoms with van der Waals surface area (Å²) < 4.78 is 10.9. The van der Waals surface area contributed by atoms with Crippen LogP contribution in [0.25, 0.3) is 0 Å². The van der Waals surface area contributed by atoms with Gasteiger partial charge in [0.15, 0.2) is 0 Å². The number of ether oxygens (including phenoxy) is 2. The topological polar surface area (TPSA) is 73.6 Å². The molecule has 5 heteroatoms. The molecule has 0 aliphatic rings. The van der Waals surface area contributed by atoms with Crippen molar-refractivity contribution in [2.75, 3.05) is 12.4 Å². The zero-order valence-electron chi connectivity index (χ0n) is 12.0. The van der Waals surface area contributed by atoms with Crippen molar-refractivity contribution in [3.63, 3.8) is 0 Å². The first-order valence-electron chi connectivity index (χ1n) is 6.56. The molecule has 2 aromatic carbocycles. The van der Waals surface area contributed by atoms with E-state index in [9.17, 15) is 4.79 Å². The summed E-state index contributed by atoms with van der Waals surface area (Å²) in [5.74, 6) is 1.73. The predicted molar refractivity (Wildman–Crippen MR) is 81.8 cm³/mol. The Balaban J connectivity index is 2.03. The second-order valence-electron chi connectivity index (χ2n) is 4.57. The largest absolute Gasteiger partial charge is 0.497 e. The van der Waals surface area contributed by atoms with Crippen molar-refractivity contribution >= 4 is 11.6 Å². The van der Waals surface area contributed by atoms with Crippen LogP contribution >= 0.6 is 0 Å². The fourth-order valence-corrected chi connectivity index (χ4v) is 1.74. The number of hydrogen-bond donors (Lipinski definition) is 2. The SMILES string of the molecule is COc1cccc(Oc2ccc(N[C@@H](C)C(N)=O)cc2)c1. The van der Waals surface area contributed by atoms with Crippen LogP contribution in [-0.4, -0.2) is 19.1 Å². The maximum absolute atomic E-state index is 11.0. The van der Waals surface area contributed by atoms with E-state index in [-0.39, 0.29) is 0 Å². The van der Waals surface area contributed by atoms with E-state index in [1.165, 1.54) is 0 Å². The lowest BCUT2D eigenvalue weighted by molar-refractivity contribution is -0.118. The number of methoxy groups -OCH3 is 1. The average Bonchev–Trinajstić information content (AvgIpc) is 2.49. The van der Waals surface area contributed by atoms with Crippen molar-refractivity contribution in [2.45, 2.75) is 13.0 Å². The van der Waals surface area contributed by atoms with Gasteiger partial charge in [-0.25, -0.2) is 0 Å². The Labute approximate surface area is 123 Å². The maximum atomic E-state index is 11.0. The number of benzene rings is 2. The van der Waals surface area contributed by atoms with E-state index >= 15 is 0 Å². The molecular formula is C16H18N2O3. The van der Waals surface area contributed by atoms with Crippen molar-refractivity contribution in [2.24, 2.45) is 5.73 Å². The van der Waals surface area contributed by atoms with Crippen LogP contribution in [0.1, 0.15) is 6.92 Å². The number of nitrogens with two attached hydrogens (primary N) is 1. The van der Waals surface area contributed by atoms with E-state index in [1.54, 1.807) is 20.1 Å². The maximum Gasteiger partial charge on any atom is 0.239 e. The summed E-state index contributed by atoms with van der Waals surface area (Å²) >= 11 is 0. The second-order valence-corrected chi connectivity index (χ2v) is 4.57. The summed E-state index contributed by atoms with van der Waals surface area (Å²) in [5.41, 5.74) is 6.01. The first-order valence-corrected chi connectivity index (χ1v) is 6.56. The monoisotopic (exact) mass is 286 g/mol. The molecule has 0 spiro atoms. The van der Waals surface area contributed by atoms with Gasteiger partial charge in [0.05, 0.1) is 7.11 Å². The van der Waals surface area contributed by atoms with Gasteiger partial charge >= 0.3 is 0 Å². The molecule has 0 fully saturated rings. The van der Waals surface area contributed by atoms with Crippen molar-refractivity contribution in [1.82, 2.24) is 0 Å². The molecule has 0 saturated heterocycles. The van der Waals surface area contributed by atoms with E-state index in [2.05, 4.69) is 5.32 Å². The third-order valence-electron chi connectivity index (χ3n) is 2.94. The van der Waals surface area contributed by atoms with Gasteiger partial charge < -0.3 is 20.5 Å². The fourth-order valence-electron chi connectivity index (χ4n) is 1.74. The van der Waals surface area contributed by atoms with Crippen molar-refractivity contribution in [3.8, 4) is 17.2 Å². The van der Waals surface area contributed by atoms with Gasteiger partial charge in [-0.3, -0.25) is 4.79 Å². The molecule has 1 amide bonds. The van der Waals surface area contributed by atoms with Crippen LogP contribution in [0.4, 0.5) is 5.69 Å². The number of hydrogen-bond acceptors (Lipinski definition) is 4. The number of anilines is 1. The van der Waals surface area contributed by atoms with Crippen molar-refractivity contribution in [3.05, 3.63) is 48.5 Å². The van der Waals surface area contributed by atoms with Gasteiger partial charge in [0, 0.05) is 11.8 Å². The molecule has 0 aliphatic heterocycles. The van der Waals surface area contributed by atoms with Crippen molar-refractivity contribution < 1.29 is 14.3 Å². The zero-order chi connectivity index (χ0) is 15.2. The smallest absolute Gasteiger partial charge is 0.239 e. The highest BCUT2D eigenvalue weighted by Gasteiger charge is 2.07. The zero-order valence-corrected chi connectivity index (χ0v) is 12.0. The van der Waals surface area contributed by atoms with Gasteiger partial charge in [0.2, 0.25) is 5.91 Å². The fraction of sp³-hybridized carbons (Fsp3) is 0.188. The van der Waals surface area contributed by atoms with Crippen LogP contribution in [0, 0.1) is 0 Å². The molecule has 1 atom stereocenters. The van der Waals surface area contributed by atoms with Crippen LogP contribution in [0.5, 0.6) is 17.2 Å². The summed E-state index contributed by atoms with van der Waals surface area (Å²) in [7, 11) is 1.61. The molecule has 5 nitrogen and oxygen atoms in total. The van der Waals surface area contributed by atoms with Crippen molar-refractivity contribution in [1.29, 1.82) is 0 Å². The summed E-state index contributed by atoms with van der Waals surface area (Å²) in [6.07, 6.45) is 0. The number of carbonyl (C=O) groups is 1. The molecule has 0 aromatic heterocycles. The number of nitrogens with one attached hydrogen (secondary N) is 1. The predicted octanol–water partition coefficient (Wildman–Crippen LogP) is 2.77. The standard InChI is InChI=1S/C16H18N2O3/c1-11(16(17)19)18-12-6-8-13(9-7-12)21-15-5-3-4-14(10-15)20-2/h3-11,18H,1-2H3,(H2,17,19)/t11-/m0/s1. The molecular weight excluding hydrogens is 268 g/mol. The van der Waals surface area contributed by atoms with Crippen LogP contribution in [0.3, 0.4) is 0 Å². The van der Waals surface area contributed by atoms with Crippen LogP contribution in [0.15, 0.2) is 48.5 Å². The van der Waals surface area contributed by atoms with Gasteiger partial charge in [-0.05, 0) is 43.3 Å². The number of amides is 1. The van der Waals surface area contributed by atoms with E-state index in [4.69, 9.17) is 15.2 Å². The summed E-state index contributed by atoms with van der Waals surface area (Å²) in [5, 5.41) is 3.00. The van der Waals surface area contributed by atoms with Crippen LogP contribution < -0.4 is 20.5 Å². The quantitative estimate of drug-likeness (QED) is 0.856. The van der Waals surface area contributed by atoms with E-state index < -0.39 is 11.9 Å². The molecule has 3 N–H and O–H groups in total. The summed E-state index contributed by atoms with van der Waals surface area (Å²) in [6, 6.07) is 14.2. The Morgan fingerprint density at radius 1 is 1.10 bits per heavy atom. The Bertz CT molecular complexity index is 611. The third-order valence-corrected chi connectivity index (χ3v) is 2.94. The first kappa shape index (κ1) is 14.7. The highest BCUT2D eigenvalue weighted by Crippen LogP contribution is 2.26. The Morgan fingerprint density at radius 2 is 1.76 bits per heavy atom. The molecule has 0 radical (unpaired) electrons. The van der Waals surface area contributed by atoms with Gasteiger partial charge in [-0.2, -0.15) is 0 Å². The summed E-state index contributed by atoms with van der Waals surface area (Å²) in [6.45, 7) is 1.71. The van der Waals surface area contributed by atoms with Gasteiger partial charge in [0.1, 0.15) is 23.3 Å². The molecule has 0 unspecified atom stereocenters. The molecule has 2 aromatic rings. The van der Waals surface area contributed by atoms with Gasteiger partial charge in [-0.1, -0.05) is 6.07 Å². The number of rotatable bonds is 6. The molecule has 21 heavy (non-hydrogen) atoms. The van der Waals surface area contributed by atoms with E-state index in [1.807, 2.05) is 42.5 Å². The minimum Gasteiger partial charge on any atom is -0.497 e. The van der Waals surface area contributed by atoms with E-state index in [0.717, 1.165) is 11.4 Å². The second kappa shape index (κ2) is 6.65.